The molecule has 10 heteroatoms. The Labute approximate surface area is 128 Å². The van der Waals surface area contributed by atoms with Gasteiger partial charge in [-0.1, -0.05) is 32.0 Å². The van der Waals surface area contributed by atoms with Gasteiger partial charge in [-0.05, 0) is 12.1 Å². The van der Waals surface area contributed by atoms with Crippen LogP contribution in [0.2, 0.25) is 0 Å². The van der Waals surface area contributed by atoms with Crippen LogP contribution in [0.5, 0.6) is 5.75 Å². The molecule has 0 aliphatic heterocycles. The molecule has 0 N–H and O–H groups in total. The number of carbonyl (C=O) groups excluding carboxylic acids is 2. The molecule has 0 radical (unpaired) electrons. The van der Waals surface area contributed by atoms with E-state index in [1.807, 2.05) is 13.8 Å². The van der Waals surface area contributed by atoms with Gasteiger partial charge in [0.25, 0.3) is 0 Å². The van der Waals surface area contributed by atoms with E-state index < -0.39 is 24.3 Å². The van der Waals surface area contributed by atoms with Gasteiger partial charge in [0.05, 0.1) is 7.11 Å². The Hall–Kier alpha value is -2.26. The second kappa shape index (κ2) is 10.5. The molecule has 0 spiro atoms. The quantitative estimate of drug-likeness (QED) is 0.439. The lowest BCUT2D eigenvalue weighted by atomic mass is 10.3. The lowest BCUT2D eigenvalue weighted by Crippen LogP contribution is -2.27. The van der Waals surface area contributed by atoms with Gasteiger partial charge in [0.1, 0.15) is 5.75 Å². The lowest BCUT2D eigenvalue weighted by molar-refractivity contribution is -0.196. The van der Waals surface area contributed by atoms with Crippen LogP contribution in [-0.2, 0) is 14.3 Å². The molecule has 1 aromatic carbocycles. The average Bonchev–Trinajstić information content (AvgIpc) is 2.48. The molecule has 0 aromatic heterocycles. The number of hydrogen-bond acceptors (Lipinski definition) is 4. The highest BCUT2D eigenvalue weighted by Crippen LogP contribution is 2.19. The first-order valence-electron chi connectivity index (χ1n) is 5.97. The van der Waals surface area contributed by atoms with Gasteiger partial charge >= 0.3 is 24.3 Å². The van der Waals surface area contributed by atoms with Crippen LogP contribution in [0.4, 0.5) is 26.3 Å². The van der Waals surface area contributed by atoms with Crippen molar-refractivity contribution in [3.05, 3.63) is 30.3 Å². The monoisotopic (exact) mass is 348 g/mol. The molecule has 0 saturated carbocycles. The molecule has 4 nitrogen and oxygen atoms in total. The first kappa shape index (κ1) is 23.0. The van der Waals surface area contributed by atoms with Crippen LogP contribution in [0.25, 0.3) is 0 Å². The van der Waals surface area contributed by atoms with Crippen LogP contribution in [-0.4, -0.2) is 31.4 Å². The van der Waals surface area contributed by atoms with Gasteiger partial charge in [0.2, 0.25) is 0 Å². The van der Waals surface area contributed by atoms with Crippen LogP contribution >= 0.6 is 0 Å². The molecule has 0 atom stereocenters. The first-order valence-corrected chi connectivity index (χ1v) is 5.97. The fraction of sp³-hybridized carbons (Fsp3) is 0.385. The molecule has 0 heterocycles. The van der Waals surface area contributed by atoms with Crippen molar-refractivity contribution < 1.29 is 45.4 Å². The molecule has 0 bridgehead atoms. The van der Waals surface area contributed by atoms with Gasteiger partial charge in [-0.25, -0.2) is 9.59 Å². The number of para-hydroxylation sites is 1. The second-order valence-corrected chi connectivity index (χ2v) is 3.19. The van der Waals surface area contributed by atoms with E-state index in [4.69, 9.17) is 0 Å². The minimum atomic E-state index is -4.95. The molecule has 1 rings (SSSR count). The largest absolute Gasteiger partial charge is 0.491 e. The third-order valence-corrected chi connectivity index (χ3v) is 1.60. The van der Waals surface area contributed by atoms with E-state index in [1.165, 1.54) is 24.3 Å². The van der Waals surface area contributed by atoms with E-state index in [1.54, 1.807) is 6.07 Å². The van der Waals surface area contributed by atoms with Gasteiger partial charge in [-0.3, -0.25) is 0 Å². The third kappa shape index (κ3) is 11.0. The molecule has 0 saturated heterocycles. The maximum atomic E-state index is 11.7. The van der Waals surface area contributed by atoms with Crippen LogP contribution in [0.15, 0.2) is 30.3 Å². The minimum absolute atomic E-state index is 0.121. The zero-order valence-electron chi connectivity index (χ0n) is 12.3. The van der Waals surface area contributed by atoms with Gasteiger partial charge in [-0.2, -0.15) is 26.3 Å². The lowest BCUT2D eigenvalue weighted by Gasteiger charge is -2.05. The van der Waals surface area contributed by atoms with Crippen LogP contribution in [0.1, 0.15) is 13.8 Å². The summed E-state index contributed by atoms with van der Waals surface area (Å²) in [4.78, 5) is 19.8. The maximum absolute atomic E-state index is 11.7. The maximum Gasteiger partial charge on any atom is 0.491 e. The number of carbonyl (C=O) groups is 2. The number of benzene rings is 1. The number of ether oxygens (including phenoxy) is 2. The van der Waals surface area contributed by atoms with E-state index in [2.05, 4.69) is 9.47 Å². The first-order chi connectivity index (χ1) is 10.5. The molecule has 23 heavy (non-hydrogen) atoms. The van der Waals surface area contributed by atoms with Gasteiger partial charge < -0.3 is 9.47 Å². The molecular formula is C13H14F6O4. The minimum Gasteiger partial charge on any atom is -0.462 e. The topological polar surface area (TPSA) is 52.6 Å². The third-order valence-electron chi connectivity index (χ3n) is 1.60. The zero-order valence-corrected chi connectivity index (χ0v) is 12.3. The summed E-state index contributed by atoms with van der Waals surface area (Å²) in [5.41, 5.74) is 0. The summed E-state index contributed by atoms with van der Waals surface area (Å²) in [7, 11) is 0.676. The number of methoxy groups -OCH3 is 1. The fourth-order valence-corrected chi connectivity index (χ4v) is 0.769. The highest BCUT2D eigenvalue weighted by molar-refractivity contribution is 5.78. The van der Waals surface area contributed by atoms with Crippen molar-refractivity contribution in [3.63, 3.8) is 0 Å². The Morgan fingerprint density at radius 2 is 1.22 bits per heavy atom. The number of hydrogen-bond donors (Lipinski definition) is 0. The predicted molar refractivity (Wildman–Crippen MR) is 67.6 cm³/mol. The Kier molecular flexibility index (Phi) is 10.5. The van der Waals surface area contributed by atoms with Crippen molar-refractivity contribution in [1.82, 2.24) is 0 Å². The molecule has 0 fully saturated rings. The predicted octanol–water partition coefficient (Wildman–Crippen LogP) is 3.90. The summed E-state index contributed by atoms with van der Waals surface area (Å²) < 4.78 is 75.3. The van der Waals surface area contributed by atoms with Gasteiger partial charge in [0.15, 0.2) is 0 Å². The number of rotatable bonds is 1. The van der Waals surface area contributed by atoms with Crippen LogP contribution in [0.3, 0.4) is 0 Å². The Morgan fingerprint density at radius 3 is 1.48 bits per heavy atom. The van der Waals surface area contributed by atoms with E-state index in [-0.39, 0.29) is 5.75 Å². The highest BCUT2D eigenvalue weighted by Gasteiger charge is 2.41. The summed E-state index contributed by atoms with van der Waals surface area (Å²) in [6.07, 6.45) is -9.80. The van der Waals surface area contributed by atoms with Gasteiger partial charge in [0, 0.05) is 0 Å². The summed E-state index contributed by atoms with van der Waals surface area (Å²) in [6, 6.07) is 7.08. The van der Waals surface area contributed by atoms with Crippen molar-refractivity contribution in [2.75, 3.05) is 7.11 Å². The number of halogens is 6. The average molecular weight is 348 g/mol. The SMILES string of the molecule is CC.COC(=O)C(F)(F)F.O=C(Oc1ccccc1)C(F)(F)F. The second-order valence-electron chi connectivity index (χ2n) is 3.19. The van der Waals surface area contributed by atoms with Crippen LogP contribution in [0, 0.1) is 0 Å². The molecule has 0 unspecified atom stereocenters. The van der Waals surface area contributed by atoms with Crippen molar-refractivity contribution >= 4 is 11.9 Å². The standard InChI is InChI=1S/C8H5F3O2.C3H3F3O2.C2H6/c9-8(10,11)7(12)13-6-4-2-1-3-5-6;1-8-2(7)3(4,5)6;1-2/h1-5H;1H3;1-2H3. The Balaban J connectivity index is 0. The highest BCUT2D eigenvalue weighted by atomic mass is 19.4. The summed E-state index contributed by atoms with van der Waals surface area (Å²) in [5, 5.41) is 0. The normalized spacial score (nSPS) is 10.3. The van der Waals surface area contributed by atoms with Crippen molar-refractivity contribution in [2.24, 2.45) is 0 Å². The smallest absolute Gasteiger partial charge is 0.462 e. The molecule has 0 aliphatic rings. The Bertz CT molecular complexity index is 468. The molecule has 0 aliphatic carbocycles. The zero-order chi connectivity index (χ0) is 18.7. The summed E-state index contributed by atoms with van der Waals surface area (Å²) in [6.45, 7) is 4.00. The van der Waals surface area contributed by atoms with Crippen molar-refractivity contribution in [3.8, 4) is 5.75 Å². The number of alkyl halides is 6. The van der Waals surface area contributed by atoms with E-state index >= 15 is 0 Å². The van der Waals surface area contributed by atoms with E-state index in [0.717, 1.165) is 0 Å². The van der Waals surface area contributed by atoms with Crippen LogP contribution < -0.4 is 4.74 Å². The summed E-state index contributed by atoms with van der Waals surface area (Å²) in [5.74, 6) is -4.50. The molecular weight excluding hydrogens is 334 g/mol. The van der Waals surface area contributed by atoms with E-state index in [9.17, 15) is 35.9 Å². The Morgan fingerprint density at radius 1 is 0.826 bits per heavy atom. The van der Waals surface area contributed by atoms with E-state index in [0.29, 0.717) is 7.11 Å². The fourth-order valence-electron chi connectivity index (χ4n) is 0.769. The van der Waals surface area contributed by atoms with Crippen molar-refractivity contribution in [1.29, 1.82) is 0 Å². The molecule has 1 aromatic rings. The molecule has 0 amide bonds. The van der Waals surface area contributed by atoms with Crippen molar-refractivity contribution in [2.45, 2.75) is 26.2 Å². The molecule has 132 valence electrons. The van der Waals surface area contributed by atoms with Gasteiger partial charge in [-0.15, -0.1) is 0 Å². The number of esters is 2. The summed E-state index contributed by atoms with van der Waals surface area (Å²) >= 11 is 0.